The van der Waals surface area contributed by atoms with Crippen molar-refractivity contribution in [2.24, 2.45) is 0 Å². The summed E-state index contributed by atoms with van der Waals surface area (Å²) in [5.41, 5.74) is 2.50. The van der Waals surface area contributed by atoms with E-state index >= 15 is 0 Å². The zero-order valence-corrected chi connectivity index (χ0v) is 20.2. The SMILES string of the molecule is O=C(CN(c1cc(Cl)cc(Cl)c1)S(=O)(=O)c1ccccc1)Nc1ccccc1-c1ccccc1. The van der Waals surface area contributed by atoms with Gasteiger partial charge in [0.05, 0.1) is 10.6 Å². The number of carbonyl (C=O) groups excluding carboxylic acids is 1. The minimum Gasteiger partial charge on any atom is -0.324 e. The summed E-state index contributed by atoms with van der Waals surface area (Å²) in [7, 11) is -4.08. The van der Waals surface area contributed by atoms with Crippen molar-refractivity contribution in [1.29, 1.82) is 0 Å². The summed E-state index contributed by atoms with van der Waals surface area (Å²) >= 11 is 12.3. The molecule has 0 unspecified atom stereocenters. The molecule has 0 atom stereocenters. The molecule has 0 aliphatic rings. The molecule has 1 N–H and O–H groups in total. The van der Waals surface area contributed by atoms with Gasteiger partial charge in [-0.1, -0.05) is 89.9 Å². The lowest BCUT2D eigenvalue weighted by Crippen LogP contribution is -2.38. The fourth-order valence-corrected chi connectivity index (χ4v) is 5.44. The number of hydrogen-bond acceptors (Lipinski definition) is 3. The van der Waals surface area contributed by atoms with E-state index in [1.807, 2.05) is 42.5 Å². The third-order valence-corrected chi connectivity index (χ3v) is 7.26. The maximum absolute atomic E-state index is 13.5. The van der Waals surface area contributed by atoms with Crippen LogP contribution in [0.2, 0.25) is 10.0 Å². The van der Waals surface area contributed by atoms with Gasteiger partial charge in [-0.3, -0.25) is 9.10 Å². The van der Waals surface area contributed by atoms with Gasteiger partial charge in [0.25, 0.3) is 10.0 Å². The van der Waals surface area contributed by atoms with Crippen molar-refractivity contribution in [3.05, 3.63) is 113 Å². The molecule has 0 aliphatic carbocycles. The lowest BCUT2D eigenvalue weighted by atomic mass is 10.0. The van der Waals surface area contributed by atoms with E-state index in [4.69, 9.17) is 23.2 Å². The van der Waals surface area contributed by atoms with Gasteiger partial charge < -0.3 is 5.32 Å². The summed E-state index contributed by atoms with van der Waals surface area (Å²) in [4.78, 5) is 13.2. The van der Waals surface area contributed by atoms with E-state index < -0.39 is 22.5 Å². The first-order valence-electron chi connectivity index (χ1n) is 10.3. The zero-order valence-electron chi connectivity index (χ0n) is 17.9. The number of para-hydroxylation sites is 1. The Labute approximate surface area is 208 Å². The van der Waals surface area contributed by atoms with E-state index in [9.17, 15) is 13.2 Å². The van der Waals surface area contributed by atoms with Crippen LogP contribution < -0.4 is 9.62 Å². The third-order valence-electron chi connectivity index (χ3n) is 5.04. The van der Waals surface area contributed by atoms with Crippen LogP contribution in [0.4, 0.5) is 11.4 Å². The summed E-state index contributed by atoms with van der Waals surface area (Å²) in [6.45, 7) is -0.475. The van der Waals surface area contributed by atoms with Crippen molar-refractivity contribution in [3.8, 4) is 11.1 Å². The molecule has 172 valence electrons. The van der Waals surface area contributed by atoms with Crippen LogP contribution in [-0.2, 0) is 14.8 Å². The van der Waals surface area contributed by atoms with Crippen LogP contribution in [0, 0.1) is 0 Å². The van der Waals surface area contributed by atoms with E-state index in [1.165, 1.54) is 30.3 Å². The van der Waals surface area contributed by atoms with Gasteiger partial charge in [-0.15, -0.1) is 0 Å². The molecule has 0 spiro atoms. The fourth-order valence-electron chi connectivity index (χ4n) is 3.50. The predicted octanol–water partition coefficient (Wildman–Crippen LogP) is 6.49. The van der Waals surface area contributed by atoms with Gasteiger partial charge in [0.15, 0.2) is 0 Å². The van der Waals surface area contributed by atoms with Crippen molar-refractivity contribution < 1.29 is 13.2 Å². The Morgan fingerprint density at radius 2 is 1.32 bits per heavy atom. The second-order valence-electron chi connectivity index (χ2n) is 7.41. The summed E-state index contributed by atoms with van der Waals surface area (Å²) in [5, 5.41) is 3.36. The Morgan fingerprint density at radius 1 is 0.765 bits per heavy atom. The number of benzene rings is 4. The molecule has 4 aromatic carbocycles. The van der Waals surface area contributed by atoms with Crippen LogP contribution in [0.25, 0.3) is 11.1 Å². The number of amides is 1. The van der Waals surface area contributed by atoms with Crippen molar-refractivity contribution in [3.63, 3.8) is 0 Å². The first kappa shape index (κ1) is 23.8. The predicted molar refractivity (Wildman–Crippen MR) is 138 cm³/mol. The van der Waals surface area contributed by atoms with Crippen molar-refractivity contribution >= 4 is 50.5 Å². The Bertz CT molecular complexity index is 1390. The third kappa shape index (κ3) is 5.42. The lowest BCUT2D eigenvalue weighted by Gasteiger charge is -2.25. The molecule has 0 heterocycles. The number of sulfonamides is 1. The zero-order chi connectivity index (χ0) is 24.1. The van der Waals surface area contributed by atoms with Crippen molar-refractivity contribution in [2.75, 3.05) is 16.2 Å². The maximum Gasteiger partial charge on any atom is 0.264 e. The number of rotatable bonds is 7. The number of carbonyl (C=O) groups is 1. The Kier molecular flexibility index (Phi) is 7.22. The summed E-state index contributed by atoms with van der Waals surface area (Å²) in [6, 6.07) is 29.2. The van der Waals surface area contributed by atoms with Gasteiger partial charge in [0.1, 0.15) is 6.54 Å². The Hall–Kier alpha value is -3.32. The number of halogens is 2. The first-order chi connectivity index (χ1) is 16.3. The van der Waals surface area contributed by atoms with E-state index in [2.05, 4.69) is 5.32 Å². The number of nitrogens with zero attached hydrogens (tertiary/aromatic N) is 1. The van der Waals surface area contributed by atoms with Crippen LogP contribution in [-0.4, -0.2) is 20.9 Å². The molecular weight excluding hydrogens is 491 g/mol. The molecule has 34 heavy (non-hydrogen) atoms. The molecule has 0 saturated heterocycles. The number of nitrogens with one attached hydrogen (secondary N) is 1. The molecule has 0 aromatic heterocycles. The average molecular weight is 511 g/mol. The molecule has 8 heteroatoms. The molecule has 0 bridgehead atoms. The smallest absolute Gasteiger partial charge is 0.264 e. The normalized spacial score (nSPS) is 11.1. The number of hydrogen-bond donors (Lipinski definition) is 1. The lowest BCUT2D eigenvalue weighted by molar-refractivity contribution is -0.114. The molecule has 4 rings (SSSR count). The molecule has 5 nitrogen and oxygen atoms in total. The molecule has 4 aromatic rings. The van der Waals surface area contributed by atoms with E-state index in [0.29, 0.717) is 5.69 Å². The standard InChI is InChI=1S/C26H20Cl2N2O3S/c27-20-15-21(28)17-22(16-20)30(34(32,33)23-11-5-2-6-12-23)18-26(31)29-25-14-8-7-13-24(25)19-9-3-1-4-10-19/h1-17H,18H2,(H,29,31). The van der Waals surface area contributed by atoms with Gasteiger partial charge in [-0.05, 0) is 42.0 Å². The summed E-state index contributed by atoms with van der Waals surface area (Å²) in [6.07, 6.45) is 0. The highest BCUT2D eigenvalue weighted by atomic mass is 35.5. The first-order valence-corrected chi connectivity index (χ1v) is 12.5. The Morgan fingerprint density at radius 3 is 1.97 bits per heavy atom. The van der Waals surface area contributed by atoms with Crippen LogP contribution >= 0.6 is 23.2 Å². The molecular formula is C26H20Cl2N2O3S. The minimum atomic E-state index is -4.08. The van der Waals surface area contributed by atoms with Crippen LogP contribution in [0.1, 0.15) is 0 Å². The maximum atomic E-state index is 13.5. The van der Waals surface area contributed by atoms with Crippen LogP contribution in [0.5, 0.6) is 0 Å². The highest BCUT2D eigenvalue weighted by Gasteiger charge is 2.28. The van der Waals surface area contributed by atoms with E-state index in [0.717, 1.165) is 15.4 Å². The van der Waals surface area contributed by atoms with Gasteiger partial charge in [0.2, 0.25) is 5.91 Å². The molecule has 0 radical (unpaired) electrons. The highest BCUT2D eigenvalue weighted by molar-refractivity contribution is 7.92. The minimum absolute atomic E-state index is 0.0450. The second-order valence-corrected chi connectivity index (χ2v) is 10.1. The van der Waals surface area contributed by atoms with E-state index in [-0.39, 0.29) is 20.6 Å². The molecule has 0 aliphatic heterocycles. The summed E-state index contributed by atoms with van der Waals surface area (Å²) < 4.78 is 28.0. The molecule has 0 fully saturated rings. The van der Waals surface area contributed by atoms with Crippen molar-refractivity contribution in [1.82, 2.24) is 0 Å². The van der Waals surface area contributed by atoms with Crippen LogP contribution in [0.3, 0.4) is 0 Å². The van der Waals surface area contributed by atoms with Gasteiger partial charge in [0, 0.05) is 21.3 Å². The monoisotopic (exact) mass is 510 g/mol. The van der Waals surface area contributed by atoms with E-state index in [1.54, 1.807) is 30.3 Å². The van der Waals surface area contributed by atoms with Crippen LogP contribution in [0.15, 0.2) is 108 Å². The fraction of sp³-hybridized carbons (Fsp3) is 0.0385. The topological polar surface area (TPSA) is 66.5 Å². The second kappa shape index (κ2) is 10.3. The molecule has 0 saturated carbocycles. The summed E-state index contributed by atoms with van der Waals surface area (Å²) in [5.74, 6) is -0.515. The van der Waals surface area contributed by atoms with Crippen molar-refractivity contribution in [2.45, 2.75) is 4.90 Å². The quantitative estimate of drug-likeness (QED) is 0.308. The Balaban J connectivity index is 1.69. The highest BCUT2D eigenvalue weighted by Crippen LogP contribution is 2.31. The average Bonchev–Trinajstić information content (AvgIpc) is 2.83. The van der Waals surface area contributed by atoms with Gasteiger partial charge >= 0.3 is 0 Å². The molecule has 1 amide bonds. The van der Waals surface area contributed by atoms with Gasteiger partial charge in [-0.2, -0.15) is 0 Å². The largest absolute Gasteiger partial charge is 0.324 e. The number of anilines is 2. The van der Waals surface area contributed by atoms with Gasteiger partial charge in [-0.25, -0.2) is 8.42 Å².